The standard InChI is InChI=1S/C28H25NO/c1-2-6-19-11-16-27(29)28(17-19)30-22-14-12-20(13-15-22)23-9-5-10-25-24-8-4-3-7-21(24)18-26(23)25/h3-5,7-17H,2,6,18,29H2,1H3. The Bertz CT molecular complexity index is 1210. The lowest BCUT2D eigenvalue weighted by molar-refractivity contribution is 0.484. The van der Waals surface area contributed by atoms with Crippen molar-refractivity contribution in [3.8, 4) is 33.8 Å². The number of ether oxygens (including phenoxy) is 1. The summed E-state index contributed by atoms with van der Waals surface area (Å²) in [6.45, 7) is 2.18. The molecule has 0 amide bonds. The van der Waals surface area contributed by atoms with Crippen LogP contribution in [0.2, 0.25) is 0 Å². The summed E-state index contributed by atoms with van der Waals surface area (Å²) in [6.07, 6.45) is 3.11. The second kappa shape index (κ2) is 7.72. The van der Waals surface area contributed by atoms with Gasteiger partial charge in [0.15, 0.2) is 5.75 Å². The largest absolute Gasteiger partial charge is 0.455 e. The molecule has 2 nitrogen and oxygen atoms in total. The zero-order chi connectivity index (χ0) is 20.5. The maximum absolute atomic E-state index is 6.13. The van der Waals surface area contributed by atoms with E-state index < -0.39 is 0 Å². The Labute approximate surface area is 178 Å². The zero-order valence-corrected chi connectivity index (χ0v) is 17.2. The summed E-state index contributed by atoms with van der Waals surface area (Å²) >= 11 is 0. The van der Waals surface area contributed by atoms with E-state index in [1.54, 1.807) is 0 Å². The molecule has 0 saturated heterocycles. The van der Waals surface area contributed by atoms with Crippen molar-refractivity contribution in [3.05, 3.63) is 102 Å². The van der Waals surface area contributed by atoms with Crippen molar-refractivity contribution < 1.29 is 4.74 Å². The van der Waals surface area contributed by atoms with Crippen LogP contribution in [0.15, 0.2) is 84.9 Å². The molecule has 0 aliphatic heterocycles. The maximum atomic E-state index is 6.13. The van der Waals surface area contributed by atoms with Crippen LogP contribution in [-0.4, -0.2) is 0 Å². The van der Waals surface area contributed by atoms with E-state index >= 15 is 0 Å². The van der Waals surface area contributed by atoms with Crippen molar-refractivity contribution in [2.45, 2.75) is 26.2 Å². The third kappa shape index (κ3) is 3.35. The predicted molar refractivity (Wildman–Crippen MR) is 125 cm³/mol. The molecule has 2 heteroatoms. The fourth-order valence-corrected chi connectivity index (χ4v) is 4.37. The third-order valence-corrected chi connectivity index (χ3v) is 5.86. The molecular formula is C28H25NO. The number of rotatable bonds is 5. The van der Waals surface area contributed by atoms with E-state index in [-0.39, 0.29) is 0 Å². The zero-order valence-electron chi connectivity index (χ0n) is 17.2. The molecule has 0 unspecified atom stereocenters. The minimum atomic E-state index is 0.664. The number of benzene rings is 4. The molecule has 0 saturated carbocycles. The highest BCUT2D eigenvalue weighted by atomic mass is 16.5. The first-order valence-electron chi connectivity index (χ1n) is 10.6. The van der Waals surface area contributed by atoms with Gasteiger partial charge in [0.25, 0.3) is 0 Å². The number of hydrogen-bond donors (Lipinski definition) is 1. The van der Waals surface area contributed by atoms with E-state index in [1.807, 2.05) is 24.3 Å². The first kappa shape index (κ1) is 18.5. The lowest BCUT2D eigenvalue weighted by Crippen LogP contribution is -1.94. The number of fused-ring (bicyclic) bond motifs is 3. The van der Waals surface area contributed by atoms with Gasteiger partial charge < -0.3 is 10.5 Å². The summed E-state index contributed by atoms with van der Waals surface area (Å²) in [5, 5.41) is 0. The van der Waals surface area contributed by atoms with E-state index in [0.29, 0.717) is 5.69 Å². The van der Waals surface area contributed by atoms with Gasteiger partial charge in [0.05, 0.1) is 5.69 Å². The van der Waals surface area contributed by atoms with Gasteiger partial charge in [-0.15, -0.1) is 0 Å². The molecule has 0 fully saturated rings. The van der Waals surface area contributed by atoms with E-state index in [2.05, 4.69) is 67.6 Å². The second-order valence-corrected chi connectivity index (χ2v) is 7.91. The lowest BCUT2D eigenvalue weighted by atomic mass is 9.96. The van der Waals surface area contributed by atoms with Gasteiger partial charge in [0, 0.05) is 0 Å². The molecule has 2 N–H and O–H groups in total. The van der Waals surface area contributed by atoms with Crippen molar-refractivity contribution in [1.29, 1.82) is 0 Å². The van der Waals surface area contributed by atoms with Gasteiger partial charge in [0.1, 0.15) is 5.75 Å². The maximum Gasteiger partial charge on any atom is 0.150 e. The van der Waals surface area contributed by atoms with Crippen LogP contribution >= 0.6 is 0 Å². The van der Waals surface area contributed by atoms with Crippen molar-refractivity contribution in [1.82, 2.24) is 0 Å². The highest BCUT2D eigenvalue weighted by Gasteiger charge is 2.20. The molecule has 0 bridgehead atoms. The molecule has 0 heterocycles. The normalized spacial score (nSPS) is 11.8. The van der Waals surface area contributed by atoms with Crippen LogP contribution in [0.5, 0.6) is 11.5 Å². The Morgan fingerprint density at radius 3 is 2.40 bits per heavy atom. The summed E-state index contributed by atoms with van der Waals surface area (Å²) < 4.78 is 6.11. The average Bonchev–Trinajstić information content (AvgIpc) is 3.16. The number of aryl methyl sites for hydroxylation is 1. The molecule has 0 spiro atoms. The second-order valence-electron chi connectivity index (χ2n) is 7.91. The smallest absolute Gasteiger partial charge is 0.150 e. The van der Waals surface area contributed by atoms with Crippen molar-refractivity contribution in [2.75, 3.05) is 5.73 Å². The van der Waals surface area contributed by atoms with Crippen molar-refractivity contribution >= 4 is 5.69 Å². The van der Waals surface area contributed by atoms with Crippen LogP contribution < -0.4 is 10.5 Å². The van der Waals surface area contributed by atoms with Crippen LogP contribution in [0.3, 0.4) is 0 Å². The fraction of sp³-hybridized carbons (Fsp3) is 0.143. The Balaban J connectivity index is 1.43. The number of anilines is 1. The van der Waals surface area contributed by atoms with Gasteiger partial charge in [-0.05, 0) is 76.1 Å². The van der Waals surface area contributed by atoms with Gasteiger partial charge in [-0.1, -0.05) is 74.0 Å². The summed E-state index contributed by atoms with van der Waals surface area (Å²) in [5.74, 6) is 1.53. The number of nitrogen functional groups attached to an aromatic ring is 1. The van der Waals surface area contributed by atoms with E-state index in [9.17, 15) is 0 Å². The third-order valence-electron chi connectivity index (χ3n) is 5.86. The summed E-state index contributed by atoms with van der Waals surface area (Å²) in [4.78, 5) is 0. The quantitative estimate of drug-likeness (QED) is 0.320. The van der Waals surface area contributed by atoms with Gasteiger partial charge in [-0.3, -0.25) is 0 Å². The van der Waals surface area contributed by atoms with E-state index in [1.165, 1.54) is 38.9 Å². The van der Waals surface area contributed by atoms with Crippen LogP contribution in [0, 0.1) is 0 Å². The molecule has 4 aromatic rings. The van der Waals surface area contributed by atoms with Crippen molar-refractivity contribution in [3.63, 3.8) is 0 Å². The summed E-state index contributed by atoms with van der Waals surface area (Å²) in [5.41, 5.74) is 16.1. The monoisotopic (exact) mass is 391 g/mol. The molecule has 148 valence electrons. The number of hydrogen-bond acceptors (Lipinski definition) is 2. The van der Waals surface area contributed by atoms with Gasteiger partial charge >= 0.3 is 0 Å². The van der Waals surface area contributed by atoms with Crippen LogP contribution in [-0.2, 0) is 12.8 Å². The van der Waals surface area contributed by atoms with Gasteiger partial charge in [0.2, 0.25) is 0 Å². The molecule has 0 aromatic heterocycles. The Hall–Kier alpha value is -3.52. The molecule has 30 heavy (non-hydrogen) atoms. The molecule has 0 radical (unpaired) electrons. The van der Waals surface area contributed by atoms with E-state index in [0.717, 1.165) is 30.8 Å². The topological polar surface area (TPSA) is 35.2 Å². The summed E-state index contributed by atoms with van der Waals surface area (Å²) in [7, 11) is 0. The fourth-order valence-electron chi connectivity index (χ4n) is 4.37. The molecule has 5 rings (SSSR count). The van der Waals surface area contributed by atoms with Crippen molar-refractivity contribution in [2.24, 2.45) is 0 Å². The van der Waals surface area contributed by atoms with Gasteiger partial charge in [-0.25, -0.2) is 0 Å². The highest BCUT2D eigenvalue weighted by Crippen LogP contribution is 2.41. The predicted octanol–water partition coefficient (Wildman–Crippen LogP) is 7.25. The number of nitrogens with two attached hydrogens (primary N) is 1. The van der Waals surface area contributed by atoms with Crippen LogP contribution in [0.4, 0.5) is 5.69 Å². The van der Waals surface area contributed by atoms with Gasteiger partial charge in [-0.2, -0.15) is 0 Å². The molecule has 0 atom stereocenters. The lowest BCUT2D eigenvalue weighted by Gasteiger charge is -2.12. The van der Waals surface area contributed by atoms with Crippen LogP contribution in [0.25, 0.3) is 22.3 Å². The molecule has 1 aliphatic rings. The first-order valence-corrected chi connectivity index (χ1v) is 10.6. The summed E-state index contributed by atoms with van der Waals surface area (Å²) in [6, 6.07) is 29.7. The Morgan fingerprint density at radius 1 is 0.800 bits per heavy atom. The van der Waals surface area contributed by atoms with Crippen LogP contribution in [0.1, 0.15) is 30.0 Å². The molecule has 1 aliphatic carbocycles. The minimum Gasteiger partial charge on any atom is -0.455 e. The highest BCUT2D eigenvalue weighted by molar-refractivity contribution is 5.84. The van der Waals surface area contributed by atoms with E-state index in [4.69, 9.17) is 10.5 Å². The molecule has 4 aromatic carbocycles. The first-order chi connectivity index (χ1) is 14.7. The average molecular weight is 392 g/mol. The Kier molecular flexibility index (Phi) is 4.76. The molecular weight excluding hydrogens is 366 g/mol. The SMILES string of the molecule is CCCc1ccc(N)c(Oc2ccc(-c3cccc4c3Cc3ccccc3-4)cc2)c1. The Morgan fingerprint density at radius 2 is 1.57 bits per heavy atom. The minimum absolute atomic E-state index is 0.664.